The van der Waals surface area contributed by atoms with Crippen LogP contribution in [-0.2, 0) is 27.9 Å². The Bertz CT molecular complexity index is 905. The second-order valence-corrected chi connectivity index (χ2v) is 17.5. The number of rotatable bonds is 41. The number of carbonyl (C=O) groups is 1. The summed E-state index contributed by atoms with van der Waals surface area (Å²) in [6, 6.07) is 0. The number of phosphoric ester groups is 1. The average Bonchev–Trinajstić information content (AvgIpc) is 3.11. The van der Waals surface area contributed by atoms with Crippen LogP contribution < -0.4 is 4.89 Å². The SMILES string of the molecule is CCCCCCC/C=C\C/C=C\CCCCCCCCCCCCCCCCOCC(COP(=O)([O-])OCC[N+](C)(C)C)OC(=O)CCCCCCC. The third-order valence-electron chi connectivity index (χ3n) is 9.51. The summed E-state index contributed by atoms with van der Waals surface area (Å²) >= 11 is 0. The lowest BCUT2D eigenvalue weighted by Gasteiger charge is -2.28. The van der Waals surface area contributed by atoms with E-state index in [0.717, 1.165) is 51.4 Å². The van der Waals surface area contributed by atoms with Crippen LogP contribution in [0.1, 0.15) is 194 Å². The lowest BCUT2D eigenvalue weighted by Crippen LogP contribution is -2.37. The Morgan fingerprint density at radius 3 is 1.53 bits per heavy atom. The molecule has 0 amide bonds. The topological polar surface area (TPSA) is 94.1 Å². The van der Waals surface area contributed by atoms with Gasteiger partial charge in [0.15, 0.2) is 0 Å². The van der Waals surface area contributed by atoms with Gasteiger partial charge in [0.1, 0.15) is 19.3 Å². The monoisotopic (exact) mass is 772 g/mol. The molecule has 0 bridgehead atoms. The van der Waals surface area contributed by atoms with Gasteiger partial charge in [-0.25, -0.2) is 0 Å². The molecule has 9 heteroatoms. The lowest BCUT2D eigenvalue weighted by atomic mass is 10.0. The number of carbonyl (C=O) groups excluding carboxylic acids is 1. The molecule has 0 aliphatic carbocycles. The minimum Gasteiger partial charge on any atom is -0.756 e. The summed E-state index contributed by atoms with van der Waals surface area (Å²) in [4.78, 5) is 24.7. The van der Waals surface area contributed by atoms with Gasteiger partial charge in [-0.3, -0.25) is 9.36 Å². The van der Waals surface area contributed by atoms with Crippen LogP contribution in [0.3, 0.4) is 0 Å². The first-order chi connectivity index (χ1) is 25.6. The van der Waals surface area contributed by atoms with Crippen molar-refractivity contribution in [2.45, 2.75) is 200 Å². The number of esters is 1. The van der Waals surface area contributed by atoms with Gasteiger partial charge in [-0.05, 0) is 44.9 Å². The smallest absolute Gasteiger partial charge is 0.306 e. The number of hydrogen-bond donors (Lipinski definition) is 0. The van der Waals surface area contributed by atoms with E-state index in [4.69, 9.17) is 18.5 Å². The molecule has 8 nitrogen and oxygen atoms in total. The molecule has 0 aromatic carbocycles. The quantitative estimate of drug-likeness (QED) is 0.0201. The fraction of sp³-hybridized carbons (Fsp3) is 0.886. The molecule has 0 fully saturated rings. The molecule has 0 aliphatic rings. The molecule has 2 atom stereocenters. The maximum absolute atomic E-state index is 12.4. The Balaban J connectivity index is 3.87. The Hall–Kier alpha value is -1.02. The summed E-state index contributed by atoms with van der Waals surface area (Å²) in [6.45, 7) is 5.33. The van der Waals surface area contributed by atoms with Crippen molar-refractivity contribution in [3.8, 4) is 0 Å². The van der Waals surface area contributed by atoms with Crippen LogP contribution in [0.15, 0.2) is 24.3 Å². The van der Waals surface area contributed by atoms with E-state index >= 15 is 0 Å². The Kier molecular flexibility index (Phi) is 37.2. The van der Waals surface area contributed by atoms with E-state index in [1.165, 1.54) is 122 Å². The van der Waals surface area contributed by atoms with Crippen molar-refractivity contribution in [3.05, 3.63) is 24.3 Å². The Morgan fingerprint density at radius 1 is 0.585 bits per heavy atom. The highest BCUT2D eigenvalue weighted by atomic mass is 31.2. The average molecular weight is 772 g/mol. The van der Waals surface area contributed by atoms with E-state index in [2.05, 4.69) is 38.2 Å². The van der Waals surface area contributed by atoms with Gasteiger partial charge in [0, 0.05) is 13.0 Å². The summed E-state index contributed by atoms with van der Waals surface area (Å²) < 4.78 is 34.3. The third kappa shape index (κ3) is 42.0. The molecule has 0 heterocycles. The van der Waals surface area contributed by atoms with Crippen molar-refractivity contribution >= 4 is 13.8 Å². The maximum Gasteiger partial charge on any atom is 0.306 e. The van der Waals surface area contributed by atoms with E-state index in [-0.39, 0.29) is 25.8 Å². The first kappa shape index (κ1) is 52.0. The van der Waals surface area contributed by atoms with E-state index in [1.807, 2.05) is 21.1 Å². The van der Waals surface area contributed by atoms with Crippen molar-refractivity contribution in [1.29, 1.82) is 0 Å². The zero-order valence-corrected chi connectivity index (χ0v) is 36.4. The normalized spacial score (nSPS) is 14.0. The van der Waals surface area contributed by atoms with Crippen LogP contribution in [0.2, 0.25) is 0 Å². The Morgan fingerprint density at radius 2 is 1.04 bits per heavy atom. The fourth-order valence-electron chi connectivity index (χ4n) is 6.05. The van der Waals surface area contributed by atoms with Crippen molar-refractivity contribution in [1.82, 2.24) is 0 Å². The number of unbranched alkanes of at least 4 members (excludes halogenated alkanes) is 23. The predicted octanol–water partition coefficient (Wildman–Crippen LogP) is 12.2. The van der Waals surface area contributed by atoms with Gasteiger partial charge in [0.05, 0.1) is 34.4 Å². The number of ether oxygens (including phenoxy) is 2. The summed E-state index contributed by atoms with van der Waals surface area (Å²) in [5, 5.41) is 0. The third-order valence-corrected chi connectivity index (χ3v) is 10.5. The molecule has 0 aromatic heterocycles. The molecular formula is C44H86NO7P. The van der Waals surface area contributed by atoms with Gasteiger partial charge >= 0.3 is 5.97 Å². The van der Waals surface area contributed by atoms with Gasteiger partial charge in [-0.1, -0.05) is 167 Å². The number of quaternary nitrogens is 1. The van der Waals surface area contributed by atoms with Gasteiger partial charge in [-0.2, -0.15) is 0 Å². The van der Waals surface area contributed by atoms with Gasteiger partial charge in [0.2, 0.25) is 0 Å². The Labute approximate surface area is 328 Å². The van der Waals surface area contributed by atoms with Crippen LogP contribution in [0.25, 0.3) is 0 Å². The van der Waals surface area contributed by atoms with Gasteiger partial charge in [0.25, 0.3) is 7.82 Å². The minimum atomic E-state index is -4.51. The second-order valence-electron chi connectivity index (χ2n) is 16.1. The van der Waals surface area contributed by atoms with Crippen molar-refractivity contribution in [2.24, 2.45) is 0 Å². The van der Waals surface area contributed by atoms with Crippen molar-refractivity contribution in [2.75, 3.05) is 54.1 Å². The number of nitrogens with zero attached hydrogens (tertiary/aromatic N) is 1. The highest BCUT2D eigenvalue weighted by molar-refractivity contribution is 7.45. The number of hydrogen-bond acceptors (Lipinski definition) is 7. The maximum atomic E-state index is 12.4. The van der Waals surface area contributed by atoms with Crippen LogP contribution in [0.4, 0.5) is 0 Å². The highest BCUT2D eigenvalue weighted by Crippen LogP contribution is 2.38. The molecule has 0 saturated carbocycles. The van der Waals surface area contributed by atoms with E-state index < -0.39 is 13.9 Å². The first-order valence-corrected chi connectivity index (χ1v) is 23.5. The van der Waals surface area contributed by atoms with E-state index in [0.29, 0.717) is 24.1 Å². The largest absolute Gasteiger partial charge is 0.756 e. The summed E-state index contributed by atoms with van der Waals surface area (Å²) in [5.41, 5.74) is 0. The molecular weight excluding hydrogens is 685 g/mol. The summed E-state index contributed by atoms with van der Waals surface area (Å²) in [5.74, 6) is -0.346. The van der Waals surface area contributed by atoms with Crippen molar-refractivity contribution in [3.63, 3.8) is 0 Å². The van der Waals surface area contributed by atoms with Crippen LogP contribution >= 0.6 is 7.82 Å². The number of likely N-dealkylation sites (N-methyl/N-ethyl adjacent to an activating group) is 1. The fourth-order valence-corrected chi connectivity index (χ4v) is 6.78. The van der Waals surface area contributed by atoms with Crippen molar-refractivity contribution < 1.29 is 37.3 Å². The molecule has 2 unspecified atom stereocenters. The molecule has 0 spiro atoms. The molecule has 0 rings (SSSR count). The van der Waals surface area contributed by atoms with Crippen LogP contribution in [0.5, 0.6) is 0 Å². The minimum absolute atomic E-state index is 0.0276. The summed E-state index contributed by atoms with van der Waals surface area (Å²) in [7, 11) is 1.36. The van der Waals surface area contributed by atoms with E-state index in [1.54, 1.807) is 0 Å². The standard InChI is InChI=1S/C44H86NO7P/c1-6-8-10-12-13-14-15-16-17-18-19-20-21-22-23-24-25-26-27-28-29-30-31-32-34-36-39-49-41-43(52-44(46)37-35-33-11-9-7-2)42-51-53(47,48)50-40-38-45(3,4)5/h15-16,18-19,43H,6-14,17,20-42H2,1-5H3/b16-15-,19-18-. The summed E-state index contributed by atoms with van der Waals surface area (Å²) in [6.07, 6.45) is 42.5. The molecule has 53 heavy (non-hydrogen) atoms. The first-order valence-electron chi connectivity index (χ1n) is 22.1. The predicted molar refractivity (Wildman–Crippen MR) is 222 cm³/mol. The molecule has 0 radical (unpaired) electrons. The van der Waals surface area contributed by atoms with Gasteiger partial charge in [-0.15, -0.1) is 0 Å². The van der Waals surface area contributed by atoms with Crippen LogP contribution in [0, 0.1) is 0 Å². The molecule has 0 aliphatic heterocycles. The number of allylic oxidation sites excluding steroid dienone is 4. The zero-order chi connectivity index (χ0) is 39.1. The van der Waals surface area contributed by atoms with Gasteiger partial charge < -0.3 is 27.9 Å². The lowest BCUT2D eigenvalue weighted by molar-refractivity contribution is -0.870. The highest BCUT2D eigenvalue weighted by Gasteiger charge is 2.20. The molecule has 0 aromatic rings. The zero-order valence-electron chi connectivity index (χ0n) is 35.5. The van der Waals surface area contributed by atoms with Crippen LogP contribution in [-0.4, -0.2) is 70.7 Å². The second kappa shape index (κ2) is 37.9. The number of phosphoric acid groups is 1. The van der Waals surface area contributed by atoms with E-state index in [9.17, 15) is 14.3 Å². The molecule has 0 N–H and O–H groups in total. The molecule has 314 valence electrons. The molecule has 0 saturated heterocycles.